The van der Waals surface area contributed by atoms with Crippen molar-refractivity contribution in [1.29, 1.82) is 0 Å². The molecule has 0 aliphatic carbocycles. The van der Waals surface area contributed by atoms with Crippen LogP contribution in [-0.2, 0) is 9.59 Å². The van der Waals surface area contributed by atoms with Crippen molar-refractivity contribution in [3.63, 3.8) is 0 Å². The third kappa shape index (κ3) is 6.59. The van der Waals surface area contributed by atoms with Gasteiger partial charge in [0.05, 0.1) is 6.42 Å². The lowest BCUT2D eigenvalue weighted by atomic mass is 10.2. The Morgan fingerprint density at radius 2 is 2.00 bits per heavy atom. The van der Waals surface area contributed by atoms with Gasteiger partial charge in [0, 0.05) is 12.1 Å². The lowest BCUT2D eigenvalue weighted by Crippen LogP contribution is -2.26. The number of hydrogen-bond donors (Lipinski definition) is 2. The summed E-state index contributed by atoms with van der Waals surface area (Å²) in [7, 11) is 0. The van der Waals surface area contributed by atoms with Gasteiger partial charge in [-0.25, -0.2) is 0 Å². The van der Waals surface area contributed by atoms with Crippen molar-refractivity contribution in [2.45, 2.75) is 20.3 Å². The number of hydrogen-bond acceptors (Lipinski definition) is 2. The first-order valence-corrected chi connectivity index (χ1v) is 4.97. The van der Waals surface area contributed by atoms with Crippen LogP contribution < -0.4 is 5.32 Å². The molecule has 1 amide bonds. The van der Waals surface area contributed by atoms with Crippen LogP contribution in [0, 0.1) is 0 Å². The van der Waals surface area contributed by atoms with Crippen LogP contribution in [-0.4, -0.2) is 23.5 Å². The van der Waals surface area contributed by atoms with Crippen molar-refractivity contribution in [2.75, 3.05) is 6.54 Å². The lowest BCUT2D eigenvalue weighted by molar-refractivity contribution is -0.136. The SMILES string of the molecule is C=C(/C=C\C(C)=C/C)C(=O)NCCC(=O)O. The molecule has 0 aromatic rings. The summed E-state index contributed by atoms with van der Waals surface area (Å²) in [6.07, 6.45) is 5.20. The predicted octanol–water partition coefficient (Wildman–Crippen LogP) is 1.66. The number of nitrogens with one attached hydrogen (secondary N) is 1. The van der Waals surface area contributed by atoms with Gasteiger partial charge in [-0.2, -0.15) is 0 Å². The molecule has 0 bridgehead atoms. The number of amides is 1. The molecule has 0 rings (SSSR count). The normalized spacial score (nSPS) is 11.5. The number of aliphatic carboxylic acids is 1. The quantitative estimate of drug-likeness (QED) is 0.531. The van der Waals surface area contributed by atoms with Gasteiger partial charge in [0.25, 0.3) is 5.91 Å². The second kappa shape index (κ2) is 7.45. The van der Waals surface area contributed by atoms with Gasteiger partial charge in [-0.15, -0.1) is 0 Å². The molecule has 0 atom stereocenters. The van der Waals surface area contributed by atoms with Crippen molar-refractivity contribution in [3.05, 3.63) is 36.0 Å². The molecule has 2 N–H and O–H groups in total. The summed E-state index contributed by atoms with van der Waals surface area (Å²) in [4.78, 5) is 21.6. The summed E-state index contributed by atoms with van der Waals surface area (Å²) in [6.45, 7) is 7.51. The van der Waals surface area contributed by atoms with Crippen molar-refractivity contribution < 1.29 is 14.7 Å². The molecule has 0 aromatic heterocycles. The molecule has 88 valence electrons. The van der Waals surface area contributed by atoms with Gasteiger partial charge in [0.2, 0.25) is 0 Å². The van der Waals surface area contributed by atoms with Crippen molar-refractivity contribution in [1.82, 2.24) is 5.32 Å². The van der Waals surface area contributed by atoms with Gasteiger partial charge in [-0.3, -0.25) is 9.59 Å². The Bertz CT molecular complexity index is 340. The smallest absolute Gasteiger partial charge is 0.305 e. The van der Waals surface area contributed by atoms with E-state index >= 15 is 0 Å². The topological polar surface area (TPSA) is 66.4 Å². The molecule has 0 aromatic carbocycles. The monoisotopic (exact) mass is 223 g/mol. The highest BCUT2D eigenvalue weighted by atomic mass is 16.4. The highest BCUT2D eigenvalue weighted by Crippen LogP contribution is 1.99. The second-order valence-corrected chi connectivity index (χ2v) is 3.29. The van der Waals surface area contributed by atoms with E-state index in [2.05, 4.69) is 11.9 Å². The fourth-order valence-corrected chi connectivity index (χ4v) is 0.800. The highest BCUT2D eigenvalue weighted by molar-refractivity contribution is 5.95. The van der Waals surface area contributed by atoms with Crippen LogP contribution in [0.15, 0.2) is 36.0 Å². The summed E-state index contributed by atoms with van der Waals surface area (Å²) in [5, 5.41) is 10.8. The van der Waals surface area contributed by atoms with Gasteiger partial charge in [-0.05, 0) is 19.9 Å². The number of allylic oxidation sites excluding steroid dienone is 3. The number of carbonyl (C=O) groups excluding carboxylic acids is 1. The summed E-state index contributed by atoms with van der Waals surface area (Å²) >= 11 is 0. The van der Waals surface area contributed by atoms with Gasteiger partial charge in [0.1, 0.15) is 0 Å². The number of carbonyl (C=O) groups is 2. The standard InChI is InChI=1S/C12H17NO3/c1-4-9(2)5-6-10(3)12(16)13-8-7-11(14)15/h4-6H,3,7-8H2,1-2H3,(H,13,16)(H,14,15)/b6-5-,9-4-. The molecule has 0 saturated carbocycles. The van der Waals surface area contributed by atoms with E-state index in [1.54, 1.807) is 12.2 Å². The maximum Gasteiger partial charge on any atom is 0.305 e. The van der Waals surface area contributed by atoms with Crippen LogP contribution in [0.2, 0.25) is 0 Å². The van der Waals surface area contributed by atoms with Gasteiger partial charge >= 0.3 is 5.97 Å². The number of carboxylic acid groups (broad SMARTS) is 1. The largest absolute Gasteiger partial charge is 0.481 e. The molecule has 0 heterocycles. The highest BCUT2D eigenvalue weighted by Gasteiger charge is 2.03. The Hall–Kier alpha value is -1.84. The van der Waals surface area contributed by atoms with E-state index in [9.17, 15) is 9.59 Å². The van der Waals surface area contributed by atoms with Crippen molar-refractivity contribution >= 4 is 11.9 Å². The number of carboxylic acids is 1. The average Bonchev–Trinajstić information content (AvgIpc) is 2.24. The molecule has 16 heavy (non-hydrogen) atoms. The molecule has 0 radical (unpaired) electrons. The Kier molecular flexibility index (Phi) is 6.59. The third-order valence-electron chi connectivity index (χ3n) is 1.92. The van der Waals surface area contributed by atoms with Gasteiger partial charge in [-0.1, -0.05) is 24.3 Å². The van der Waals surface area contributed by atoms with Crippen LogP contribution in [0.3, 0.4) is 0 Å². The Labute approximate surface area is 95.4 Å². The van der Waals surface area contributed by atoms with E-state index < -0.39 is 5.97 Å². The molecular weight excluding hydrogens is 206 g/mol. The van der Waals surface area contributed by atoms with Crippen molar-refractivity contribution in [3.8, 4) is 0 Å². The summed E-state index contributed by atoms with van der Waals surface area (Å²) in [6, 6.07) is 0. The van der Waals surface area contributed by atoms with Crippen LogP contribution in [0.4, 0.5) is 0 Å². The van der Waals surface area contributed by atoms with Crippen molar-refractivity contribution in [2.24, 2.45) is 0 Å². The van der Waals surface area contributed by atoms with Crippen LogP contribution >= 0.6 is 0 Å². The Balaban J connectivity index is 4.05. The van der Waals surface area contributed by atoms with Crippen LogP contribution in [0.1, 0.15) is 20.3 Å². The molecule has 4 heteroatoms. The zero-order chi connectivity index (χ0) is 12.6. The van der Waals surface area contributed by atoms with Gasteiger partial charge in [0.15, 0.2) is 0 Å². The average molecular weight is 223 g/mol. The summed E-state index contributed by atoms with van der Waals surface area (Å²) in [5.41, 5.74) is 1.34. The molecule has 0 aliphatic heterocycles. The van der Waals surface area contributed by atoms with E-state index in [4.69, 9.17) is 5.11 Å². The molecule has 0 spiro atoms. The first-order valence-electron chi connectivity index (χ1n) is 4.97. The fraction of sp³-hybridized carbons (Fsp3) is 0.333. The van der Waals surface area contributed by atoms with Gasteiger partial charge < -0.3 is 10.4 Å². The van der Waals surface area contributed by atoms with E-state index in [1.165, 1.54) is 0 Å². The minimum absolute atomic E-state index is 0.0867. The first kappa shape index (κ1) is 14.2. The molecule has 0 saturated heterocycles. The van der Waals surface area contributed by atoms with Crippen LogP contribution in [0.25, 0.3) is 0 Å². The minimum Gasteiger partial charge on any atom is -0.481 e. The molecule has 4 nitrogen and oxygen atoms in total. The maximum absolute atomic E-state index is 11.4. The Morgan fingerprint density at radius 3 is 2.50 bits per heavy atom. The summed E-state index contributed by atoms with van der Waals surface area (Å²) < 4.78 is 0. The van der Waals surface area contributed by atoms with Crippen LogP contribution in [0.5, 0.6) is 0 Å². The van der Waals surface area contributed by atoms with E-state index in [1.807, 2.05) is 19.9 Å². The van der Waals surface area contributed by atoms with E-state index in [0.717, 1.165) is 5.57 Å². The summed E-state index contributed by atoms with van der Waals surface area (Å²) in [5.74, 6) is -1.28. The molecular formula is C12H17NO3. The first-order chi connectivity index (χ1) is 7.47. The van der Waals surface area contributed by atoms with E-state index in [-0.39, 0.29) is 18.9 Å². The lowest BCUT2D eigenvalue weighted by Gasteiger charge is -2.02. The fourth-order valence-electron chi connectivity index (χ4n) is 0.800. The number of rotatable bonds is 6. The zero-order valence-electron chi connectivity index (χ0n) is 9.62. The molecule has 0 unspecified atom stereocenters. The second-order valence-electron chi connectivity index (χ2n) is 3.29. The molecule has 0 fully saturated rings. The third-order valence-corrected chi connectivity index (χ3v) is 1.92. The van der Waals surface area contributed by atoms with E-state index in [0.29, 0.717) is 5.57 Å². The minimum atomic E-state index is -0.939. The molecule has 0 aliphatic rings. The maximum atomic E-state index is 11.4. The Morgan fingerprint density at radius 1 is 1.38 bits per heavy atom. The predicted molar refractivity (Wildman–Crippen MR) is 63.0 cm³/mol. The zero-order valence-corrected chi connectivity index (χ0v) is 9.62.